The van der Waals surface area contributed by atoms with Crippen molar-refractivity contribution < 1.29 is 0 Å². The molecule has 15 heavy (non-hydrogen) atoms. The zero-order valence-corrected chi connectivity index (χ0v) is 8.61. The molecule has 0 radical (unpaired) electrons. The number of piperazine rings is 1. The Hall–Kier alpha value is -1.44. The van der Waals surface area contributed by atoms with E-state index in [1.165, 1.54) is 0 Å². The van der Waals surface area contributed by atoms with Gasteiger partial charge < -0.3 is 5.32 Å². The van der Waals surface area contributed by atoms with Crippen molar-refractivity contribution in [3.63, 3.8) is 0 Å². The second-order valence-corrected chi connectivity index (χ2v) is 3.72. The first-order valence-electron chi connectivity index (χ1n) is 5.15. The fourth-order valence-electron chi connectivity index (χ4n) is 1.76. The summed E-state index contributed by atoms with van der Waals surface area (Å²) in [5.41, 5.74) is 1.76. The minimum atomic E-state index is 0.641. The quantitative estimate of drug-likeness (QED) is 0.752. The molecule has 78 valence electrons. The number of pyridine rings is 1. The molecule has 0 aromatic carbocycles. The largest absolute Gasteiger partial charge is 0.314 e. The van der Waals surface area contributed by atoms with Crippen LogP contribution < -0.4 is 5.32 Å². The lowest BCUT2D eigenvalue weighted by molar-refractivity contribution is 0.233. The third kappa shape index (κ3) is 2.75. The van der Waals surface area contributed by atoms with Crippen LogP contribution in [-0.4, -0.2) is 36.1 Å². The second kappa shape index (κ2) is 4.87. The Bertz CT molecular complexity index is 363. The van der Waals surface area contributed by atoms with Crippen LogP contribution in [-0.2, 0) is 6.54 Å². The van der Waals surface area contributed by atoms with E-state index in [0.717, 1.165) is 38.3 Å². The Balaban J connectivity index is 2.00. The molecule has 4 nitrogen and oxygen atoms in total. The van der Waals surface area contributed by atoms with Gasteiger partial charge in [0.2, 0.25) is 0 Å². The molecular weight excluding hydrogens is 188 g/mol. The van der Waals surface area contributed by atoms with E-state index in [4.69, 9.17) is 5.26 Å². The van der Waals surface area contributed by atoms with Crippen molar-refractivity contribution in [2.45, 2.75) is 6.54 Å². The van der Waals surface area contributed by atoms with Crippen LogP contribution in [0.3, 0.4) is 0 Å². The summed E-state index contributed by atoms with van der Waals surface area (Å²) in [6.07, 6.45) is 3.43. The number of nitriles is 1. The predicted molar refractivity (Wildman–Crippen MR) is 57.1 cm³/mol. The average Bonchev–Trinajstić information content (AvgIpc) is 2.31. The summed E-state index contributed by atoms with van der Waals surface area (Å²) in [4.78, 5) is 6.43. The van der Waals surface area contributed by atoms with Gasteiger partial charge in [-0.05, 0) is 11.6 Å². The Labute approximate surface area is 89.5 Å². The molecule has 1 N–H and O–H groups in total. The first-order chi connectivity index (χ1) is 7.38. The van der Waals surface area contributed by atoms with Gasteiger partial charge in [0, 0.05) is 45.1 Å². The summed E-state index contributed by atoms with van der Waals surface area (Å²) in [7, 11) is 0. The molecule has 0 amide bonds. The maximum atomic E-state index is 8.75. The van der Waals surface area contributed by atoms with Crippen LogP contribution in [0.15, 0.2) is 18.5 Å². The fraction of sp³-hybridized carbons (Fsp3) is 0.455. The van der Waals surface area contributed by atoms with Gasteiger partial charge in [0.05, 0.1) is 5.56 Å². The minimum absolute atomic E-state index is 0.641. The van der Waals surface area contributed by atoms with Gasteiger partial charge >= 0.3 is 0 Å². The van der Waals surface area contributed by atoms with Gasteiger partial charge in [-0.3, -0.25) is 9.88 Å². The summed E-state index contributed by atoms with van der Waals surface area (Å²) >= 11 is 0. The normalized spacial score (nSPS) is 17.3. The number of hydrogen-bond acceptors (Lipinski definition) is 4. The summed E-state index contributed by atoms with van der Waals surface area (Å²) in [5, 5.41) is 12.1. The Morgan fingerprint density at radius 3 is 2.93 bits per heavy atom. The molecule has 0 aliphatic carbocycles. The highest BCUT2D eigenvalue weighted by Gasteiger charge is 2.09. The fourth-order valence-corrected chi connectivity index (χ4v) is 1.76. The van der Waals surface area contributed by atoms with Crippen LogP contribution in [0.2, 0.25) is 0 Å². The van der Waals surface area contributed by atoms with E-state index >= 15 is 0 Å². The molecule has 1 aliphatic heterocycles. The van der Waals surface area contributed by atoms with E-state index < -0.39 is 0 Å². The van der Waals surface area contributed by atoms with Crippen LogP contribution in [0.5, 0.6) is 0 Å². The van der Waals surface area contributed by atoms with Crippen LogP contribution in [0.1, 0.15) is 11.1 Å². The molecule has 2 rings (SSSR count). The minimum Gasteiger partial charge on any atom is -0.314 e. The third-order valence-corrected chi connectivity index (χ3v) is 2.54. The number of nitrogens with zero attached hydrogens (tertiary/aromatic N) is 3. The molecule has 0 spiro atoms. The molecule has 2 heterocycles. The summed E-state index contributed by atoms with van der Waals surface area (Å²) in [5.74, 6) is 0. The van der Waals surface area contributed by atoms with E-state index in [1.54, 1.807) is 6.20 Å². The Morgan fingerprint density at radius 2 is 2.20 bits per heavy atom. The van der Waals surface area contributed by atoms with Crippen LogP contribution in [0.4, 0.5) is 0 Å². The maximum absolute atomic E-state index is 8.75. The van der Waals surface area contributed by atoms with Crippen molar-refractivity contribution in [2.24, 2.45) is 0 Å². The zero-order valence-electron chi connectivity index (χ0n) is 8.61. The van der Waals surface area contributed by atoms with Gasteiger partial charge in [0.15, 0.2) is 0 Å². The van der Waals surface area contributed by atoms with Crippen molar-refractivity contribution in [3.8, 4) is 6.07 Å². The third-order valence-electron chi connectivity index (χ3n) is 2.54. The van der Waals surface area contributed by atoms with E-state index in [9.17, 15) is 0 Å². The van der Waals surface area contributed by atoms with E-state index in [-0.39, 0.29) is 0 Å². The zero-order chi connectivity index (χ0) is 10.5. The van der Waals surface area contributed by atoms with Crippen LogP contribution >= 0.6 is 0 Å². The van der Waals surface area contributed by atoms with Gasteiger partial charge in [0.25, 0.3) is 0 Å². The lowest BCUT2D eigenvalue weighted by Gasteiger charge is -2.26. The van der Waals surface area contributed by atoms with Crippen molar-refractivity contribution in [1.82, 2.24) is 15.2 Å². The smallest absolute Gasteiger partial charge is 0.101 e. The lowest BCUT2D eigenvalue weighted by Crippen LogP contribution is -2.42. The van der Waals surface area contributed by atoms with E-state index in [1.807, 2.05) is 12.3 Å². The molecule has 1 saturated heterocycles. The van der Waals surface area contributed by atoms with Crippen molar-refractivity contribution in [2.75, 3.05) is 26.2 Å². The van der Waals surface area contributed by atoms with Crippen molar-refractivity contribution in [3.05, 3.63) is 29.6 Å². The van der Waals surface area contributed by atoms with Gasteiger partial charge in [-0.25, -0.2) is 0 Å². The van der Waals surface area contributed by atoms with Gasteiger partial charge in [-0.1, -0.05) is 0 Å². The second-order valence-electron chi connectivity index (χ2n) is 3.72. The number of aromatic nitrogens is 1. The predicted octanol–water partition coefficient (Wildman–Crippen LogP) is 0.358. The number of hydrogen-bond donors (Lipinski definition) is 1. The molecule has 0 bridgehead atoms. The van der Waals surface area contributed by atoms with E-state index in [0.29, 0.717) is 5.56 Å². The first kappa shape index (κ1) is 10.1. The number of nitrogens with one attached hydrogen (secondary N) is 1. The standard InChI is InChI=1S/C11H14N4/c12-6-10-5-11(8-14-7-10)9-15-3-1-13-2-4-15/h5,7-8,13H,1-4,9H2. The van der Waals surface area contributed by atoms with Gasteiger partial charge in [0.1, 0.15) is 6.07 Å². The highest BCUT2D eigenvalue weighted by molar-refractivity contribution is 5.28. The topological polar surface area (TPSA) is 52.0 Å². The van der Waals surface area contributed by atoms with E-state index in [2.05, 4.69) is 21.3 Å². The monoisotopic (exact) mass is 202 g/mol. The maximum Gasteiger partial charge on any atom is 0.101 e. The lowest BCUT2D eigenvalue weighted by atomic mass is 10.2. The molecule has 1 fully saturated rings. The van der Waals surface area contributed by atoms with Crippen molar-refractivity contribution >= 4 is 0 Å². The Kier molecular flexibility index (Phi) is 3.28. The van der Waals surface area contributed by atoms with Gasteiger partial charge in [-0.2, -0.15) is 5.26 Å². The summed E-state index contributed by atoms with van der Waals surface area (Å²) in [6, 6.07) is 4.02. The molecule has 4 heteroatoms. The average molecular weight is 202 g/mol. The molecule has 0 saturated carbocycles. The summed E-state index contributed by atoms with van der Waals surface area (Å²) in [6.45, 7) is 5.12. The molecule has 1 aromatic rings. The molecule has 0 atom stereocenters. The van der Waals surface area contributed by atoms with Crippen LogP contribution in [0.25, 0.3) is 0 Å². The molecular formula is C11H14N4. The first-order valence-corrected chi connectivity index (χ1v) is 5.15. The van der Waals surface area contributed by atoms with Crippen molar-refractivity contribution in [1.29, 1.82) is 5.26 Å². The Morgan fingerprint density at radius 1 is 1.40 bits per heavy atom. The molecule has 1 aromatic heterocycles. The number of rotatable bonds is 2. The molecule has 0 unspecified atom stereocenters. The SMILES string of the molecule is N#Cc1cncc(CN2CCNCC2)c1. The highest BCUT2D eigenvalue weighted by Crippen LogP contribution is 2.06. The summed E-state index contributed by atoms with van der Waals surface area (Å²) < 4.78 is 0. The van der Waals surface area contributed by atoms with Gasteiger partial charge in [-0.15, -0.1) is 0 Å². The van der Waals surface area contributed by atoms with Crippen LogP contribution in [0, 0.1) is 11.3 Å². The highest BCUT2D eigenvalue weighted by atomic mass is 15.2. The molecule has 1 aliphatic rings.